The van der Waals surface area contributed by atoms with Crippen molar-refractivity contribution < 1.29 is 5.11 Å². The molecule has 1 aromatic carbocycles. The van der Waals surface area contributed by atoms with Crippen molar-refractivity contribution in [2.45, 2.75) is 49.8 Å². The number of benzene rings is 1. The predicted octanol–water partition coefficient (Wildman–Crippen LogP) is 3.18. The smallest absolute Gasteiger partial charge is 0.0718 e. The Kier molecular flexibility index (Phi) is 3.31. The Labute approximate surface area is 117 Å². The lowest BCUT2D eigenvalue weighted by atomic mass is 9.82. The van der Waals surface area contributed by atoms with Crippen LogP contribution in [0.25, 0.3) is 0 Å². The van der Waals surface area contributed by atoms with Crippen LogP contribution in [0.15, 0.2) is 18.2 Å². The molecular weight excluding hydrogens is 269 g/mol. The highest BCUT2D eigenvalue weighted by atomic mass is 35.5. The Balaban J connectivity index is 1.83. The number of halogens is 2. The molecule has 0 saturated carbocycles. The van der Waals surface area contributed by atoms with Crippen molar-refractivity contribution in [2.24, 2.45) is 0 Å². The summed E-state index contributed by atoms with van der Waals surface area (Å²) in [4.78, 5) is 0. The third kappa shape index (κ3) is 2.39. The minimum Gasteiger partial charge on any atom is -0.389 e. The van der Waals surface area contributed by atoms with Crippen LogP contribution in [0.2, 0.25) is 10.0 Å². The number of nitrogens with one attached hydrogen (secondary N) is 1. The molecule has 18 heavy (non-hydrogen) atoms. The second-order valence-electron chi connectivity index (χ2n) is 5.65. The van der Waals surface area contributed by atoms with Gasteiger partial charge in [0.2, 0.25) is 0 Å². The molecule has 0 spiro atoms. The van der Waals surface area contributed by atoms with E-state index in [4.69, 9.17) is 23.2 Å². The number of rotatable bonds is 2. The molecule has 2 unspecified atom stereocenters. The van der Waals surface area contributed by atoms with E-state index in [1.54, 1.807) is 0 Å². The SMILES string of the molecule is OC1(Cc2c(Cl)cccc2Cl)CC2CCC(C1)N2. The molecule has 2 aliphatic heterocycles. The number of hydrogen-bond donors (Lipinski definition) is 2. The van der Waals surface area contributed by atoms with Crippen LogP contribution in [0.3, 0.4) is 0 Å². The Morgan fingerprint density at radius 3 is 2.28 bits per heavy atom. The van der Waals surface area contributed by atoms with Gasteiger partial charge in [-0.25, -0.2) is 0 Å². The van der Waals surface area contributed by atoms with Gasteiger partial charge >= 0.3 is 0 Å². The van der Waals surface area contributed by atoms with Crippen LogP contribution in [-0.4, -0.2) is 22.8 Å². The summed E-state index contributed by atoms with van der Waals surface area (Å²) < 4.78 is 0. The van der Waals surface area contributed by atoms with Crippen molar-refractivity contribution in [3.63, 3.8) is 0 Å². The van der Waals surface area contributed by atoms with Crippen LogP contribution in [0.5, 0.6) is 0 Å². The van der Waals surface area contributed by atoms with Crippen LogP contribution >= 0.6 is 23.2 Å². The van der Waals surface area contributed by atoms with Crippen LogP contribution in [0.1, 0.15) is 31.2 Å². The molecule has 2 N–H and O–H groups in total. The highest BCUT2D eigenvalue weighted by Crippen LogP contribution is 2.38. The Morgan fingerprint density at radius 1 is 1.17 bits per heavy atom. The molecule has 98 valence electrons. The average molecular weight is 286 g/mol. The number of fused-ring (bicyclic) bond motifs is 2. The third-order valence-electron chi connectivity index (χ3n) is 4.16. The lowest BCUT2D eigenvalue weighted by Crippen LogP contribution is -2.49. The van der Waals surface area contributed by atoms with Gasteiger partial charge in [-0.1, -0.05) is 29.3 Å². The fourth-order valence-corrected chi connectivity index (χ4v) is 3.93. The van der Waals surface area contributed by atoms with Crippen molar-refractivity contribution in [3.8, 4) is 0 Å². The van der Waals surface area contributed by atoms with E-state index in [0.717, 1.165) is 18.4 Å². The lowest BCUT2D eigenvalue weighted by molar-refractivity contribution is -0.00605. The third-order valence-corrected chi connectivity index (χ3v) is 4.86. The molecule has 2 atom stereocenters. The molecule has 2 aliphatic rings. The zero-order valence-electron chi connectivity index (χ0n) is 10.1. The molecule has 2 saturated heterocycles. The van der Waals surface area contributed by atoms with Gasteiger partial charge in [-0.05, 0) is 43.4 Å². The Bertz CT molecular complexity index is 431. The minimum absolute atomic E-state index is 0.454. The van der Waals surface area contributed by atoms with E-state index in [1.807, 2.05) is 18.2 Å². The first kappa shape index (κ1) is 12.7. The summed E-state index contributed by atoms with van der Waals surface area (Å²) in [6.45, 7) is 0. The summed E-state index contributed by atoms with van der Waals surface area (Å²) >= 11 is 12.4. The Morgan fingerprint density at radius 2 is 1.72 bits per heavy atom. The van der Waals surface area contributed by atoms with E-state index in [-0.39, 0.29) is 0 Å². The van der Waals surface area contributed by atoms with Gasteiger partial charge in [0.25, 0.3) is 0 Å². The topological polar surface area (TPSA) is 32.3 Å². The van der Waals surface area contributed by atoms with E-state index >= 15 is 0 Å². The van der Waals surface area contributed by atoms with E-state index in [2.05, 4.69) is 5.32 Å². The summed E-state index contributed by atoms with van der Waals surface area (Å²) in [6.07, 6.45) is 4.49. The highest BCUT2D eigenvalue weighted by molar-refractivity contribution is 6.36. The molecule has 2 nitrogen and oxygen atoms in total. The standard InChI is InChI=1S/C14H17Cl2NO/c15-12-2-1-3-13(16)11(12)8-14(18)6-9-4-5-10(7-14)17-9/h1-3,9-10,17-18H,4-8H2. The summed E-state index contributed by atoms with van der Waals surface area (Å²) in [5, 5.41) is 15.6. The molecule has 3 rings (SSSR count). The quantitative estimate of drug-likeness (QED) is 0.875. The second-order valence-corrected chi connectivity index (χ2v) is 6.46. The number of aliphatic hydroxyl groups is 1. The van der Waals surface area contributed by atoms with Gasteiger partial charge in [0.1, 0.15) is 0 Å². The first-order valence-electron chi connectivity index (χ1n) is 6.47. The van der Waals surface area contributed by atoms with Crippen molar-refractivity contribution in [1.82, 2.24) is 5.32 Å². The molecule has 4 heteroatoms. The van der Waals surface area contributed by atoms with Gasteiger partial charge < -0.3 is 10.4 Å². The maximum atomic E-state index is 10.8. The van der Waals surface area contributed by atoms with Crippen molar-refractivity contribution in [3.05, 3.63) is 33.8 Å². The van der Waals surface area contributed by atoms with Gasteiger partial charge in [-0.2, -0.15) is 0 Å². The average Bonchev–Trinajstić information content (AvgIpc) is 2.64. The molecular formula is C14H17Cl2NO. The van der Waals surface area contributed by atoms with Crippen LogP contribution < -0.4 is 5.32 Å². The van der Waals surface area contributed by atoms with Crippen molar-refractivity contribution in [2.75, 3.05) is 0 Å². The number of piperidine rings is 1. The molecule has 0 aliphatic carbocycles. The van der Waals surface area contributed by atoms with Gasteiger partial charge in [-0.3, -0.25) is 0 Å². The van der Waals surface area contributed by atoms with E-state index < -0.39 is 5.60 Å². The highest BCUT2D eigenvalue weighted by Gasteiger charge is 2.42. The fourth-order valence-electron chi connectivity index (χ4n) is 3.40. The molecule has 1 aromatic rings. The van der Waals surface area contributed by atoms with Crippen molar-refractivity contribution >= 4 is 23.2 Å². The molecule has 2 bridgehead atoms. The zero-order valence-corrected chi connectivity index (χ0v) is 11.6. The Hall–Kier alpha value is -0.280. The van der Waals surface area contributed by atoms with Gasteiger partial charge in [0.05, 0.1) is 5.60 Å². The lowest BCUT2D eigenvalue weighted by Gasteiger charge is -2.37. The first-order valence-corrected chi connectivity index (χ1v) is 7.23. The molecule has 0 amide bonds. The van der Waals surface area contributed by atoms with Gasteiger partial charge in [0.15, 0.2) is 0 Å². The minimum atomic E-state index is -0.661. The van der Waals surface area contributed by atoms with Crippen molar-refractivity contribution in [1.29, 1.82) is 0 Å². The van der Waals surface area contributed by atoms with E-state index in [0.29, 0.717) is 28.5 Å². The zero-order chi connectivity index (χ0) is 12.8. The first-order chi connectivity index (χ1) is 8.56. The van der Waals surface area contributed by atoms with Crippen LogP contribution in [0.4, 0.5) is 0 Å². The summed E-state index contributed by atoms with van der Waals surface area (Å²) in [7, 11) is 0. The predicted molar refractivity (Wildman–Crippen MR) is 74.3 cm³/mol. The number of hydrogen-bond acceptors (Lipinski definition) is 2. The maximum absolute atomic E-state index is 10.8. The van der Waals surface area contributed by atoms with E-state index in [1.165, 1.54) is 12.8 Å². The van der Waals surface area contributed by atoms with E-state index in [9.17, 15) is 5.11 Å². The fraction of sp³-hybridized carbons (Fsp3) is 0.571. The summed E-state index contributed by atoms with van der Waals surface area (Å²) in [5.74, 6) is 0. The monoisotopic (exact) mass is 285 g/mol. The largest absolute Gasteiger partial charge is 0.389 e. The summed E-state index contributed by atoms with van der Waals surface area (Å²) in [5.41, 5.74) is 0.218. The maximum Gasteiger partial charge on any atom is 0.0718 e. The molecule has 2 heterocycles. The summed E-state index contributed by atoms with van der Waals surface area (Å²) in [6, 6.07) is 6.42. The molecule has 0 aromatic heterocycles. The van der Waals surface area contributed by atoms with Gasteiger partial charge in [0, 0.05) is 28.5 Å². The van der Waals surface area contributed by atoms with Crippen LogP contribution in [0, 0.1) is 0 Å². The molecule has 2 fully saturated rings. The van der Waals surface area contributed by atoms with Gasteiger partial charge in [-0.15, -0.1) is 0 Å². The van der Waals surface area contributed by atoms with Crippen LogP contribution in [-0.2, 0) is 6.42 Å². The molecule has 0 radical (unpaired) electrons. The normalized spacial score (nSPS) is 34.8. The second kappa shape index (κ2) is 4.68.